The van der Waals surface area contributed by atoms with E-state index >= 15 is 0 Å². The lowest BCUT2D eigenvalue weighted by atomic mass is 10.1. The van der Waals surface area contributed by atoms with Crippen LogP contribution >= 0.6 is 11.6 Å². The van der Waals surface area contributed by atoms with E-state index in [9.17, 15) is 0 Å². The molecule has 1 atom stereocenters. The van der Waals surface area contributed by atoms with Crippen LogP contribution in [0, 0.1) is 11.8 Å². The number of benzene rings is 1. The summed E-state index contributed by atoms with van der Waals surface area (Å²) in [4.78, 5) is 2.48. The second kappa shape index (κ2) is 8.02. The molecule has 0 spiro atoms. The van der Waals surface area contributed by atoms with Crippen LogP contribution < -0.4 is 10.1 Å². The van der Waals surface area contributed by atoms with Gasteiger partial charge in [0.2, 0.25) is 0 Å². The number of halogens is 1. The first-order valence-electron chi connectivity index (χ1n) is 7.84. The number of hydrogen-bond acceptors (Lipinski definition) is 3. The zero-order chi connectivity index (χ0) is 15.2. The molecule has 4 heteroatoms. The number of rotatable bonds is 7. The van der Waals surface area contributed by atoms with Crippen LogP contribution in [0.5, 0.6) is 5.75 Å². The minimum atomic E-state index is 0.717. The zero-order valence-electron chi connectivity index (χ0n) is 13.4. The quantitative estimate of drug-likeness (QED) is 0.835. The van der Waals surface area contributed by atoms with Crippen LogP contribution in [0.4, 0.5) is 0 Å². The van der Waals surface area contributed by atoms with E-state index in [0.717, 1.165) is 60.9 Å². The van der Waals surface area contributed by atoms with E-state index < -0.39 is 0 Å². The Kier molecular flexibility index (Phi) is 6.34. The van der Waals surface area contributed by atoms with Crippen molar-refractivity contribution >= 4 is 11.6 Å². The Morgan fingerprint density at radius 3 is 2.95 bits per heavy atom. The van der Waals surface area contributed by atoms with Crippen LogP contribution in [0.25, 0.3) is 0 Å². The van der Waals surface area contributed by atoms with Crippen LogP contribution in [-0.2, 0) is 6.54 Å². The van der Waals surface area contributed by atoms with Crippen molar-refractivity contribution in [3.8, 4) is 5.75 Å². The van der Waals surface area contributed by atoms with Crippen molar-refractivity contribution in [2.24, 2.45) is 11.8 Å². The van der Waals surface area contributed by atoms with Crippen molar-refractivity contribution in [2.75, 3.05) is 33.3 Å². The lowest BCUT2D eigenvalue weighted by Gasteiger charge is -2.19. The highest BCUT2D eigenvalue weighted by molar-refractivity contribution is 6.31. The molecule has 1 heterocycles. The van der Waals surface area contributed by atoms with Gasteiger partial charge in [0.05, 0.1) is 7.11 Å². The third-order valence-corrected chi connectivity index (χ3v) is 4.39. The van der Waals surface area contributed by atoms with Gasteiger partial charge in [-0.3, -0.25) is 4.90 Å². The van der Waals surface area contributed by atoms with E-state index in [4.69, 9.17) is 16.3 Å². The largest absolute Gasteiger partial charge is 0.496 e. The molecule has 1 saturated heterocycles. The van der Waals surface area contributed by atoms with Gasteiger partial charge < -0.3 is 10.1 Å². The van der Waals surface area contributed by atoms with Gasteiger partial charge in [-0.2, -0.15) is 0 Å². The molecule has 1 aromatic rings. The molecule has 0 aromatic heterocycles. The molecule has 1 aliphatic rings. The van der Waals surface area contributed by atoms with Crippen molar-refractivity contribution in [2.45, 2.75) is 26.8 Å². The molecule has 21 heavy (non-hydrogen) atoms. The fourth-order valence-electron chi connectivity index (χ4n) is 2.91. The predicted molar refractivity (Wildman–Crippen MR) is 89.1 cm³/mol. The highest BCUT2D eigenvalue weighted by Gasteiger charge is 2.23. The SMILES string of the molecule is COc1cccc(Cl)c1CN1CCC(CNCC(C)C)C1. The number of nitrogens with zero attached hydrogens (tertiary/aromatic N) is 1. The summed E-state index contributed by atoms with van der Waals surface area (Å²) in [6, 6.07) is 5.86. The van der Waals surface area contributed by atoms with Crippen molar-refractivity contribution < 1.29 is 4.74 Å². The fourth-order valence-corrected chi connectivity index (χ4v) is 3.13. The molecule has 1 unspecified atom stereocenters. The maximum Gasteiger partial charge on any atom is 0.124 e. The first-order valence-corrected chi connectivity index (χ1v) is 8.22. The molecular formula is C17H27ClN2O. The minimum absolute atomic E-state index is 0.717. The van der Waals surface area contributed by atoms with Crippen molar-refractivity contribution in [3.05, 3.63) is 28.8 Å². The average molecular weight is 311 g/mol. The van der Waals surface area contributed by atoms with Gasteiger partial charge in [-0.1, -0.05) is 31.5 Å². The monoisotopic (exact) mass is 310 g/mol. The number of methoxy groups -OCH3 is 1. The Morgan fingerprint density at radius 1 is 1.43 bits per heavy atom. The molecule has 0 saturated carbocycles. The zero-order valence-corrected chi connectivity index (χ0v) is 14.1. The van der Waals surface area contributed by atoms with Gasteiger partial charge in [-0.05, 0) is 50.0 Å². The second-order valence-corrected chi connectivity index (χ2v) is 6.77. The van der Waals surface area contributed by atoms with Crippen LogP contribution in [0.15, 0.2) is 18.2 Å². The summed E-state index contributed by atoms with van der Waals surface area (Å²) in [6.07, 6.45) is 1.26. The molecule has 0 aliphatic carbocycles. The first kappa shape index (κ1) is 16.6. The van der Waals surface area contributed by atoms with Gasteiger partial charge in [0.1, 0.15) is 5.75 Å². The first-order chi connectivity index (χ1) is 10.1. The van der Waals surface area contributed by atoms with E-state index in [1.807, 2.05) is 18.2 Å². The molecule has 0 radical (unpaired) electrons. The number of hydrogen-bond donors (Lipinski definition) is 1. The van der Waals surface area contributed by atoms with E-state index in [-0.39, 0.29) is 0 Å². The molecule has 0 bridgehead atoms. The summed E-state index contributed by atoms with van der Waals surface area (Å²) >= 11 is 6.32. The Hall–Kier alpha value is -0.770. The summed E-state index contributed by atoms with van der Waals surface area (Å²) in [5, 5.41) is 4.37. The third-order valence-electron chi connectivity index (χ3n) is 4.03. The second-order valence-electron chi connectivity index (χ2n) is 6.36. The molecule has 1 aliphatic heterocycles. The van der Waals surface area contributed by atoms with Gasteiger partial charge >= 0.3 is 0 Å². The fraction of sp³-hybridized carbons (Fsp3) is 0.647. The lowest BCUT2D eigenvalue weighted by molar-refractivity contribution is 0.305. The summed E-state index contributed by atoms with van der Waals surface area (Å²) in [5.74, 6) is 2.36. The molecule has 3 nitrogen and oxygen atoms in total. The Balaban J connectivity index is 1.85. The van der Waals surface area contributed by atoms with Gasteiger partial charge in [0.15, 0.2) is 0 Å². The van der Waals surface area contributed by atoms with E-state index in [1.54, 1.807) is 7.11 Å². The molecule has 118 valence electrons. The highest BCUT2D eigenvalue weighted by Crippen LogP contribution is 2.29. The number of likely N-dealkylation sites (tertiary alicyclic amines) is 1. The summed E-state index contributed by atoms with van der Waals surface area (Å²) < 4.78 is 5.43. The molecule has 1 aromatic carbocycles. The number of ether oxygens (including phenoxy) is 1. The van der Waals surface area contributed by atoms with Gasteiger partial charge in [0, 0.05) is 23.7 Å². The minimum Gasteiger partial charge on any atom is -0.496 e. The Bertz CT molecular complexity index is 450. The molecule has 0 amide bonds. The van der Waals surface area contributed by atoms with E-state index in [0.29, 0.717) is 0 Å². The van der Waals surface area contributed by atoms with Gasteiger partial charge in [-0.15, -0.1) is 0 Å². The molecule has 2 rings (SSSR count). The van der Waals surface area contributed by atoms with Crippen LogP contribution in [-0.4, -0.2) is 38.2 Å². The molecule has 1 fully saturated rings. The maximum absolute atomic E-state index is 6.32. The standard InChI is InChI=1S/C17H27ClN2O/c1-13(2)9-19-10-14-7-8-20(11-14)12-15-16(18)5-4-6-17(15)21-3/h4-6,13-14,19H,7-12H2,1-3H3. The van der Waals surface area contributed by atoms with Crippen LogP contribution in [0.1, 0.15) is 25.8 Å². The summed E-state index contributed by atoms with van der Waals surface area (Å²) in [7, 11) is 1.71. The highest BCUT2D eigenvalue weighted by atomic mass is 35.5. The molecular weight excluding hydrogens is 284 g/mol. The average Bonchev–Trinajstić information content (AvgIpc) is 2.88. The van der Waals surface area contributed by atoms with Crippen molar-refractivity contribution in [3.63, 3.8) is 0 Å². The lowest BCUT2D eigenvalue weighted by Crippen LogP contribution is -2.28. The Labute approximate surface area is 133 Å². The summed E-state index contributed by atoms with van der Waals surface area (Å²) in [6.45, 7) is 9.88. The van der Waals surface area contributed by atoms with Gasteiger partial charge in [-0.25, -0.2) is 0 Å². The number of nitrogens with one attached hydrogen (secondary N) is 1. The third kappa shape index (κ3) is 4.87. The van der Waals surface area contributed by atoms with Gasteiger partial charge in [0.25, 0.3) is 0 Å². The Morgan fingerprint density at radius 2 is 2.24 bits per heavy atom. The predicted octanol–water partition coefficient (Wildman–Crippen LogP) is 3.42. The maximum atomic E-state index is 6.32. The van der Waals surface area contributed by atoms with Crippen LogP contribution in [0.3, 0.4) is 0 Å². The molecule has 1 N–H and O–H groups in total. The van der Waals surface area contributed by atoms with E-state index in [1.165, 1.54) is 6.42 Å². The smallest absolute Gasteiger partial charge is 0.124 e. The van der Waals surface area contributed by atoms with Crippen LogP contribution in [0.2, 0.25) is 5.02 Å². The normalized spacial score (nSPS) is 19.4. The van der Waals surface area contributed by atoms with Crippen molar-refractivity contribution in [1.29, 1.82) is 0 Å². The van der Waals surface area contributed by atoms with E-state index in [2.05, 4.69) is 24.1 Å². The topological polar surface area (TPSA) is 24.5 Å². The van der Waals surface area contributed by atoms with Crippen molar-refractivity contribution in [1.82, 2.24) is 10.2 Å². The summed E-state index contributed by atoms with van der Waals surface area (Å²) in [5.41, 5.74) is 1.11.